The van der Waals surface area contributed by atoms with Gasteiger partial charge in [0.15, 0.2) is 18.9 Å². The minimum absolute atomic E-state index is 0.234. The van der Waals surface area contributed by atoms with E-state index in [0.717, 1.165) is 77.0 Å². The second-order valence-electron chi connectivity index (χ2n) is 25.0. The number of allylic oxidation sites excluding steroid dienone is 13. The summed E-state index contributed by atoms with van der Waals surface area (Å²) in [5.74, 6) is -0.288. The highest BCUT2D eigenvalue weighted by Gasteiger charge is 2.53. The predicted molar refractivity (Wildman–Crippen MR) is 355 cm³/mol. The van der Waals surface area contributed by atoms with Gasteiger partial charge >= 0.3 is 0 Å². The number of rotatable bonds is 53. The van der Waals surface area contributed by atoms with E-state index in [4.69, 9.17) is 28.4 Å². The van der Waals surface area contributed by atoms with Crippen molar-refractivity contribution in [2.45, 2.75) is 336 Å². The third-order valence-corrected chi connectivity index (χ3v) is 17.2. The van der Waals surface area contributed by atoms with E-state index in [0.29, 0.717) is 12.8 Å². The second-order valence-corrected chi connectivity index (χ2v) is 25.0. The summed E-state index contributed by atoms with van der Waals surface area (Å²) in [5, 5.41) is 120. The Kier molecular flexibility index (Phi) is 48.0. The van der Waals surface area contributed by atoms with Gasteiger partial charge < -0.3 is 89.9 Å². The van der Waals surface area contributed by atoms with Crippen molar-refractivity contribution in [1.82, 2.24) is 5.32 Å². The number of nitrogens with one attached hydrogen (secondary N) is 1. The maximum absolute atomic E-state index is 13.3. The fourth-order valence-electron chi connectivity index (χ4n) is 11.5. The van der Waals surface area contributed by atoms with Gasteiger partial charge in [0.25, 0.3) is 0 Å². The van der Waals surface area contributed by atoms with E-state index >= 15 is 0 Å². The molecule has 3 fully saturated rings. The lowest BCUT2D eigenvalue weighted by molar-refractivity contribution is -0.379. The molecule has 0 aromatic rings. The van der Waals surface area contributed by atoms with Crippen molar-refractivity contribution in [2.75, 3.05) is 26.4 Å². The molecule has 91 heavy (non-hydrogen) atoms. The summed E-state index contributed by atoms with van der Waals surface area (Å²) in [6, 6.07) is -0.989. The van der Waals surface area contributed by atoms with Gasteiger partial charge in [0.05, 0.1) is 38.6 Å². The molecule has 0 bridgehead atoms. The van der Waals surface area contributed by atoms with Crippen molar-refractivity contribution in [1.29, 1.82) is 0 Å². The molecule has 3 aliphatic heterocycles. The molecule has 19 heteroatoms. The fourth-order valence-corrected chi connectivity index (χ4v) is 11.5. The van der Waals surface area contributed by atoms with Crippen LogP contribution < -0.4 is 5.32 Å². The molecule has 0 radical (unpaired) electrons. The number of carbonyl (C=O) groups excluding carboxylic acids is 1. The van der Waals surface area contributed by atoms with E-state index < -0.39 is 124 Å². The molecular formula is C72H125NO18. The standard InChI is InChI=1S/C72H125NO18/c1-3-5-7-9-11-13-14-15-16-17-18-19-20-21-22-23-24-25-26-27-28-29-30-31-32-33-34-35-36-37-38-39-40-42-44-46-48-50-60(78)73-55(56(77)49-47-45-43-41-12-10-8-6-4-2)54-86-70-66(84)63(81)68(58(52-75)88-70)91-72-67(85)64(82)69(59(53-76)89-72)90-71-65(83)62(80)61(79)57(51-74)87-71/h5,7,11-13,15-16,18-19,21-22,41,47,49,55-59,61-72,74-77,79-85H,3-4,6,8-10,14,17,20,23-40,42-46,48,50-54H2,1-2H3,(H,73,78)/b7-5-,13-11-,16-15-,19-18-,22-21-,41-12+,49-47+. The maximum atomic E-state index is 13.3. The molecule has 0 aromatic carbocycles. The summed E-state index contributed by atoms with van der Waals surface area (Å²) in [7, 11) is 0. The van der Waals surface area contributed by atoms with E-state index in [-0.39, 0.29) is 18.9 Å². The molecular weight excluding hydrogens is 1170 g/mol. The molecule has 1 amide bonds. The largest absolute Gasteiger partial charge is 0.394 e. The van der Waals surface area contributed by atoms with Crippen molar-refractivity contribution < 1.29 is 89.4 Å². The van der Waals surface area contributed by atoms with E-state index in [2.05, 4.69) is 92.1 Å². The molecule has 3 saturated heterocycles. The van der Waals surface area contributed by atoms with Crippen LogP contribution in [0.15, 0.2) is 85.1 Å². The average molecular weight is 1290 g/mol. The third kappa shape index (κ3) is 35.0. The zero-order valence-electron chi connectivity index (χ0n) is 55.5. The van der Waals surface area contributed by atoms with Crippen LogP contribution in [0, 0.1) is 0 Å². The van der Waals surface area contributed by atoms with Gasteiger partial charge in [-0.15, -0.1) is 0 Å². The first kappa shape index (κ1) is 82.2. The van der Waals surface area contributed by atoms with Crippen molar-refractivity contribution in [2.24, 2.45) is 0 Å². The lowest BCUT2D eigenvalue weighted by atomic mass is 9.96. The van der Waals surface area contributed by atoms with Gasteiger partial charge in [-0.05, 0) is 77.0 Å². The van der Waals surface area contributed by atoms with Crippen LogP contribution in [0.3, 0.4) is 0 Å². The summed E-state index contributed by atoms with van der Waals surface area (Å²) in [6.07, 6.45) is 42.0. The number of aliphatic hydroxyl groups excluding tert-OH is 11. The monoisotopic (exact) mass is 1290 g/mol. The van der Waals surface area contributed by atoms with Crippen LogP contribution in [-0.2, 0) is 33.2 Å². The molecule has 0 spiro atoms. The minimum Gasteiger partial charge on any atom is -0.394 e. The summed E-state index contributed by atoms with van der Waals surface area (Å²) in [5.41, 5.74) is 0. The first-order valence-corrected chi connectivity index (χ1v) is 35.3. The summed E-state index contributed by atoms with van der Waals surface area (Å²) in [6.45, 7) is 1.53. The van der Waals surface area contributed by atoms with Crippen molar-refractivity contribution >= 4 is 5.91 Å². The second kappa shape index (κ2) is 53.2. The highest BCUT2D eigenvalue weighted by atomic mass is 16.8. The molecule has 17 unspecified atom stereocenters. The highest BCUT2D eigenvalue weighted by molar-refractivity contribution is 5.76. The molecule has 0 saturated carbocycles. The molecule has 526 valence electrons. The fraction of sp³-hybridized carbons (Fsp3) is 0.792. The molecule has 0 aromatic heterocycles. The molecule has 19 nitrogen and oxygen atoms in total. The number of amides is 1. The Balaban J connectivity index is 1.29. The zero-order chi connectivity index (χ0) is 66.1. The number of unbranched alkanes of at least 4 members (excludes halogenated alkanes) is 25. The van der Waals surface area contributed by atoms with Crippen LogP contribution in [0.2, 0.25) is 0 Å². The zero-order valence-corrected chi connectivity index (χ0v) is 55.5. The van der Waals surface area contributed by atoms with Gasteiger partial charge in [-0.3, -0.25) is 4.79 Å². The Morgan fingerprint density at radius 3 is 1.23 bits per heavy atom. The van der Waals surface area contributed by atoms with Crippen LogP contribution in [-0.4, -0.2) is 193 Å². The third-order valence-electron chi connectivity index (χ3n) is 17.2. The molecule has 17 atom stereocenters. The van der Waals surface area contributed by atoms with Gasteiger partial charge in [0.1, 0.15) is 73.2 Å². The van der Waals surface area contributed by atoms with E-state index in [9.17, 15) is 61.0 Å². The number of carbonyl (C=O) groups is 1. The normalized spacial score (nSPS) is 28.4. The quantitative estimate of drug-likeness (QED) is 0.0199. The van der Waals surface area contributed by atoms with Crippen molar-refractivity contribution in [3.05, 3.63) is 85.1 Å². The first-order valence-electron chi connectivity index (χ1n) is 35.3. The number of hydrogen-bond acceptors (Lipinski definition) is 18. The lowest BCUT2D eigenvalue weighted by Gasteiger charge is -2.48. The van der Waals surface area contributed by atoms with Crippen LogP contribution >= 0.6 is 0 Å². The Bertz CT molecular complexity index is 1980. The smallest absolute Gasteiger partial charge is 0.220 e. The maximum Gasteiger partial charge on any atom is 0.220 e. The average Bonchev–Trinajstić information content (AvgIpc) is 0.826. The lowest BCUT2D eigenvalue weighted by Crippen LogP contribution is -2.66. The van der Waals surface area contributed by atoms with E-state index in [1.807, 2.05) is 6.08 Å². The minimum atomic E-state index is -1.98. The molecule has 3 rings (SSSR count). The Labute approximate surface area is 546 Å². The van der Waals surface area contributed by atoms with E-state index in [1.54, 1.807) is 6.08 Å². The molecule has 3 aliphatic rings. The van der Waals surface area contributed by atoms with Gasteiger partial charge in [-0.1, -0.05) is 234 Å². The Morgan fingerprint density at radius 2 is 0.769 bits per heavy atom. The van der Waals surface area contributed by atoms with Gasteiger partial charge in [0, 0.05) is 6.42 Å². The van der Waals surface area contributed by atoms with E-state index in [1.165, 1.54) is 122 Å². The summed E-state index contributed by atoms with van der Waals surface area (Å²) < 4.78 is 34.2. The first-order chi connectivity index (χ1) is 44.3. The van der Waals surface area contributed by atoms with Crippen molar-refractivity contribution in [3.63, 3.8) is 0 Å². The highest BCUT2D eigenvalue weighted by Crippen LogP contribution is 2.33. The molecule has 12 N–H and O–H groups in total. The van der Waals surface area contributed by atoms with Crippen LogP contribution in [0.4, 0.5) is 0 Å². The van der Waals surface area contributed by atoms with Crippen LogP contribution in [0.25, 0.3) is 0 Å². The Hall–Kier alpha value is -3.03. The van der Waals surface area contributed by atoms with Gasteiger partial charge in [0.2, 0.25) is 5.91 Å². The summed E-state index contributed by atoms with van der Waals surface area (Å²) in [4.78, 5) is 13.3. The molecule has 0 aliphatic carbocycles. The topological polar surface area (TPSA) is 307 Å². The summed E-state index contributed by atoms with van der Waals surface area (Å²) >= 11 is 0. The SMILES string of the molecule is CC/C=C\C/C=C\C/C=C\C/C=C\C/C=C\CCCCCCCCCCCCCCCCCCCCCCCC(=O)NC(COC1OC(CO)C(OC2OC(CO)C(OC3OC(CO)C(O)C(O)C3O)C(O)C2O)C(O)C1O)C(O)/C=C/CC/C=C/CCCCC. The van der Waals surface area contributed by atoms with Crippen LogP contribution in [0.5, 0.6) is 0 Å². The predicted octanol–water partition coefficient (Wildman–Crippen LogP) is 9.49. The Morgan fingerprint density at radius 1 is 0.407 bits per heavy atom. The number of ether oxygens (including phenoxy) is 6. The number of aliphatic hydroxyl groups is 11. The number of hydrogen-bond donors (Lipinski definition) is 12. The van der Waals surface area contributed by atoms with Gasteiger partial charge in [-0.2, -0.15) is 0 Å². The van der Waals surface area contributed by atoms with Crippen molar-refractivity contribution in [3.8, 4) is 0 Å². The van der Waals surface area contributed by atoms with Gasteiger partial charge in [-0.25, -0.2) is 0 Å². The molecule has 3 heterocycles. The van der Waals surface area contributed by atoms with Crippen LogP contribution in [0.1, 0.15) is 232 Å².